The topological polar surface area (TPSA) is 83.6 Å². The van der Waals surface area contributed by atoms with Crippen LogP contribution >= 0.6 is 11.3 Å². The number of amides is 3. The molecule has 40 heavy (non-hydrogen) atoms. The molecule has 1 saturated heterocycles. The number of carbonyl (C=O) groups is 2. The lowest BCUT2D eigenvalue weighted by molar-refractivity contribution is -0.133. The molecule has 1 aliphatic heterocycles. The summed E-state index contributed by atoms with van der Waals surface area (Å²) in [6.07, 6.45) is 0. The minimum absolute atomic E-state index is 0.124. The van der Waals surface area contributed by atoms with Crippen LogP contribution in [0, 0.1) is 5.82 Å². The van der Waals surface area contributed by atoms with E-state index in [1.54, 1.807) is 53.7 Å². The molecule has 2 heterocycles. The monoisotopic (exact) mass is 570 g/mol. The third kappa shape index (κ3) is 8.41. The fraction of sp³-hybridized carbons (Fsp3) is 0.379. The molecule has 3 amide bonds. The van der Waals surface area contributed by atoms with Crippen LogP contribution in [0.1, 0.15) is 10.4 Å². The minimum atomic E-state index is -0.414. The van der Waals surface area contributed by atoms with Gasteiger partial charge in [-0.05, 0) is 41.3 Å². The van der Waals surface area contributed by atoms with E-state index >= 15 is 0 Å². The molecule has 4 rings (SSSR count). The van der Waals surface area contributed by atoms with Gasteiger partial charge in [-0.3, -0.25) is 9.69 Å². The van der Waals surface area contributed by atoms with Crippen molar-refractivity contribution < 1.29 is 28.2 Å². The van der Waals surface area contributed by atoms with E-state index in [4.69, 9.17) is 14.2 Å². The fourth-order valence-corrected chi connectivity index (χ4v) is 5.05. The highest BCUT2D eigenvalue weighted by Crippen LogP contribution is 2.29. The molecule has 0 atom stereocenters. The Bertz CT molecular complexity index is 1240. The first-order valence-corrected chi connectivity index (χ1v) is 14.0. The van der Waals surface area contributed by atoms with Crippen molar-refractivity contribution in [3.05, 3.63) is 76.2 Å². The summed E-state index contributed by atoms with van der Waals surface area (Å²) >= 11 is 1.56. The SMILES string of the molecule is COc1ccc(NC(=O)N(CCN2CCOCC2)CC(=O)N(Cc2ccc(F)cc2)Cc2cccs2)c(OC)c1. The fourth-order valence-electron chi connectivity index (χ4n) is 4.33. The second kappa shape index (κ2) is 14.6. The molecule has 0 aliphatic carbocycles. The average molecular weight is 571 g/mol. The van der Waals surface area contributed by atoms with Crippen LogP contribution in [-0.4, -0.2) is 86.8 Å². The highest BCUT2D eigenvalue weighted by Gasteiger charge is 2.24. The zero-order chi connectivity index (χ0) is 28.3. The predicted molar refractivity (Wildman–Crippen MR) is 152 cm³/mol. The number of carbonyl (C=O) groups excluding carboxylic acids is 2. The van der Waals surface area contributed by atoms with Crippen LogP contribution in [0.4, 0.5) is 14.9 Å². The number of benzene rings is 2. The van der Waals surface area contributed by atoms with Gasteiger partial charge in [0.25, 0.3) is 0 Å². The number of nitrogens with zero attached hydrogens (tertiary/aromatic N) is 3. The van der Waals surface area contributed by atoms with Crippen LogP contribution in [0.3, 0.4) is 0 Å². The van der Waals surface area contributed by atoms with Gasteiger partial charge in [0.05, 0.1) is 39.7 Å². The van der Waals surface area contributed by atoms with E-state index in [1.165, 1.54) is 24.1 Å². The molecule has 0 radical (unpaired) electrons. The first kappa shape index (κ1) is 29.3. The number of morpholine rings is 1. The zero-order valence-corrected chi connectivity index (χ0v) is 23.6. The van der Waals surface area contributed by atoms with Gasteiger partial charge in [0.2, 0.25) is 5.91 Å². The number of hydrogen-bond donors (Lipinski definition) is 1. The molecule has 0 spiro atoms. The summed E-state index contributed by atoms with van der Waals surface area (Å²) in [6, 6.07) is 14.7. The highest BCUT2D eigenvalue weighted by atomic mass is 32.1. The van der Waals surface area contributed by atoms with Gasteiger partial charge in [-0.15, -0.1) is 11.3 Å². The minimum Gasteiger partial charge on any atom is -0.497 e. The van der Waals surface area contributed by atoms with Gasteiger partial charge in [-0.1, -0.05) is 18.2 Å². The van der Waals surface area contributed by atoms with E-state index in [-0.39, 0.29) is 18.3 Å². The summed E-state index contributed by atoms with van der Waals surface area (Å²) < 4.78 is 29.6. The van der Waals surface area contributed by atoms with E-state index in [9.17, 15) is 14.0 Å². The van der Waals surface area contributed by atoms with Crippen molar-refractivity contribution in [2.24, 2.45) is 0 Å². The van der Waals surface area contributed by atoms with Gasteiger partial charge >= 0.3 is 6.03 Å². The summed E-state index contributed by atoms with van der Waals surface area (Å²) in [7, 11) is 3.07. The van der Waals surface area contributed by atoms with Gasteiger partial charge in [0.15, 0.2) is 0 Å². The molecule has 1 aliphatic rings. The number of methoxy groups -OCH3 is 2. The highest BCUT2D eigenvalue weighted by molar-refractivity contribution is 7.09. The molecule has 9 nitrogen and oxygen atoms in total. The first-order chi connectivity index (χ1) is 19.4. The molecule has 1 fully saturated rings. The summed E-state index contributed by atoms with van der Waals surface area (Å²) in [4.78, 5) is 33.7. The molecule has 3 aromatic rings. The second-order valence-corrected chi connectivity index (χ2v) is 10.4. The third-order valence-corrected chi connectivity index (χ3v) is 7.48. The molecular weight excluding hydrogens is 535 g/mol. The molecule has 0 saturated carbocycles. The van der Waals surface area contributed by atoms with E-state index < -0.39 is 6.03 Å². The number of nitrogens with one attached hydrogen (secondary N) is 1. The molecule has 11 heteroatoms. The number of rotatable bonds is 12. The molecule has 214 valence electrons. The number of halogens is 1. The van der Waals surface area contributed by atoms with Crippen LogP contribution < -0.4 is 14.8 Å². The van der Waals surface area contributed by atoms with Crippen LogP contribution in [0.2, 0.25) is 0 Å². The Morgan fingerprint density at radius 2 is 1.80 bits per heavy atom. The van der Waals surface area contributed by atoms with E-state index in [2.05, 4.69) is 10.2 Å². The molecule has 0 bridgehead atoms. The molecular formula is C29H35FN4O5S. The Balaban J connectivity index is 1.52. The summed E-state index contributed by atoms with van der Waals surface area (Å²) in [5.41, 5.74) is 1.28. The van der Waals surface area contributed by atoms with Crippen molar-refractivity contribution in [3.63, 3.8) is 0 Å². The number of anilines is 1. The molecule has 0 unspecified atom stereocenters. The lowest BCUT2D eigenvalue weighted by Crippen LogP contribution is -2.48. The first-order valence-electron chi connectivity index (χ1n) is 13.1. The summed E-state index contributed by atoms with van der Waals surface area (Å²) in [5, 5.41) is 4.86. The van der Waals surface area contributed by atoms with Crippen molar-refractivity contribution >= 4 is 29.0 Å². The molecule has 1 aromatic heterocycles. The average Bonchev–Trinajstić information content (AvgIpc) is 3.49. The number of hydrogen-bond acceptors (Lipinski definition) is 7. The Kier molecular flexibility index (Phi) is 10.7. The second-order valence-electron chi connectivity index (χ2n) is 9.33. The van der Waals surface area contributed by atoms with Gasteiger partial charge in [-0.2, -0.15) is 0 Å². The van der Waals surface area contributed by atoms with Crippen molar-refractivity contribution in [2.45, 2.75) is 13.1 Å². The summed E-state index contributed by atoms with van der Waals surface area (Å²) in [6.45, 7) is 4.32. The largest absolute Gasteiger partial charge is 0.497 e. The lowest BCUT2D eigenvalue weighted by atomic mass is 10.2. The number of urea groups is 1. The lowest BCUT2D eigenvalue weighted by Gasteiger charge is -2.31. The van der Waals surface area contributed by atoms with E-state index in [0.29, 0.717) is 56.6 Å². The quantitative estimate of drug-likeness (QED) is 0.350. The maximum atomic E-state index is 13.7. The Morgan fingerprint density at radius 3 is 2.48 bits per heavy atom. The van der Waals surface area contributed by atoms with Crippen LogP contribution in [0.5, 0.6) is 11.5 Å². The predicted octanol–water partition coefficient (Wildman–Crippen LogP) is 4.30. The Labute approximate surface area is 238 Å². The van der Waals surface area contributed by atoms with Crippen LogP contribution in [0.25, 0.3) is 0 Å². The Hall–Kier alpha value is -3.67. The van der Waals surface area contributed by atoms with Crippen LogP contribution in [0.15, 0.2) is 60.0 Å². The third-order valence-electron chi connectivity index (χ3n) is 6.62. The van der Waals surface area contributed by atoms with Gasteiger partial charge in [0, 0.05) is 43.7 Å². The standard InChI is InChI=1S/C29H35FN4O5S/c1-37-24-9-10-26(27(18-24)38-2)31-29(36)33(12-11-32-13-15-39-16-14-32)21-28(35)34(20-25-4-3-17-40-25)19-22-5-7-23(30)8-6-22/h3-10,17-18H,11-16,19-21H2,1-2H3,(H,31,36). The van der Waals surface area contributed by atoms with Gasteiger partial charge in [0.1, 0.15) is 23.9 Å². The van der Waals surface area contributed by atoms with Crippen molar-refractivity contribution in [3.8, 4) is 11.5 Å². The van der Waals surface area contributed by atoms with E-state index in [1.807, 2.05) is 17.5 Å². The van der Waals surface area contributed by atoms with E-state index in [0.717, 1.165) is 23.5 Å². The maximum Gasteiger partial charge on any atom is 0.322 e. The maximum absolute atomic E-state index is 13.7. The molecule has 2 aromatic carbocycles. The number of ether oxygens (including phenoxy) is 3. The van der Waals surface area contributed by atoms with Crippen molar-refractivity contribution in [1.82, 2.24) is 14.7 Å². The smallest absolute Gasteiger partial charge is 0.322 e. The van der Waals surface area contributed by atoms with Gasteiger partial charge < -0.3 is 29.3 Å². The zero-order valence-electron chi connectivity index (χ0n) is 22.8. The molecule has 1 N–H and O–H groups in total. The normalized spacial score (nSPS) is 13.5. The Morgan fingerprint density at radius 1 is 1.02 bits per heavy atom. The van der Waals surface area contributed by atoms with Gasteiger partial charge in [-0.25, -0.2) is 9.18 Å². The van der Waals surface area contributed by atoms with Crippen molar-refractivity contribution in [2.75, 3.05) is 65.5 Å². The number of thiophene rings is 1. The summed E-state index contributed by atoms with van der Waals surface area (Å²) in [5.74, 6) is 0.498. The van der Waals surface area contributed by atoms with Crippen molar-refractivity contribution in [1.29, 1.82) is 0 Å². The van der Waals surface area contributed by atoms with Crippen LogP contribution in [-0.2, 0) is 22.6 Å².